The average Bonchev–Trinajstić information content (AvgIpc) is 3.32. The molecule has 0 atom stereocenters. The van der Waals surface area contributed by atoms with E-state index in [4.69, 9.17) is 9.15 Å². The van der Waals surface area contributed by atoms with Gasteiger partial charge in [-0.3, -0.25) is 0 Å². The summed E-state index contributed by atoms with van der Waals surface area (Å²) in [6.07, 6.45) is 0. The Labute approximate surface area is 208 Å². The molecule has 0 spiro atoms. The highest BCUT2D eigenvalue weighted by Gasteiger charge is 2.21. The van der Waals surface area contributed by atoms with Crippen LogP contribution in [0.1, 0.15) is 0 Å². The van der Waals surface area contributed by atoms with E-state index in [0.29, 0.717) is 0 Å². The van der Waals surface area contributed by atoms with Gasteiger partial charge in [-0.15, -0.1) is 0 Å². The Morgan fingerprint density at radius 2 is 1.08 bits per heavy atom. The van der Waals surface area contributed by atoms with Crippen molar-refractivity contribution in [2.24, 2.45) is 0 Å². The van der Waals surface area contributed by atoms with Crippen molar-refractivity contribution in [1.82, 2.24) is 0 Å². The van der Waals surface area contributed by atoms with Crippen molar-refractivity contribution >= 4 is 32.7 Å². The van der Waals surface area contributed by atoms with E-state index in [1.165, 1.54) is 38.6 Å². The first-order valence-corrected chi connectivity index (χ1v) is 12.2. The van der Waals surface area contributed by atoms with Crippen molar-refractivity contribution in [2.75, 3.05) is 0 Å². The molecular formula is C34H20O2. The van der Waals surface area contributed by atoms with Crippen molar-refractivity contribution in [3.63, 3.8) is 0 Å². The van der Waals surface area contributed by atoms with Gasteiger partial charge >= 0.3 is 0 Å². The molecular weight excluding hydrogens is 440 g/mol. The number of hydrogen-bond acceptors (Lipinski definition) is 2. The highest BCUT2D eigenvalue weighted by Crippen LogP contribution is 2.48. The van der Waals surface area contributed by atoms with Gasteiger partial charge in [-0.05, 0) is 63.5 Å². The van der Waals surface area contributed by atoms with E-state index < -0.39 is 0 Å². The Morgan fingerprint density at radius 3 is 2.06 bits per heavy atom. The Bertz CT molecular complexity index is 1980. The van der Waals surface area contributed by atoms with Gasteiger partial charge in [0.1, 0.15) is 22.7 Å². The second-order valence-corrected chi connectivity index (χ2v) is 9.30. The third-order valence-corrected chi connectivity index (χ3v) is 7.29. The van der Waals surface area contributed by atoms with Crippen molar-refractivity contribution in [3.05, 3.63) is 121 Å². The molecule has 0 N–H and O–H groups in total. The Balaban J connectivity index is 1.35. The van der Waals surface area contributed by atoms with Gasteiger partial charge in [0.25, 0.3) is 0 Å². The summed E-state index contributed by atoms with van der Waals surface area (Å²) >= 11 is 0. The topological polar surface area (TPSA) is 22.4 Å². The molecule has 0 unspecified atom stereocenters. The Morgan fingerprint density at radius 1 is 0.389 bits per heavy atom. The summed E-state index contributed by atoms with van der Waals surface area (Å²) in [7, 11) is 0. The predicted octanol–water partition coefficient (Wildman–Crippen LogP) is 9.85. The number of fused-ring (bicyclic) bond motifs is 5. The fourth-order valence-electron chi connectivity index (χ4n) is 5.70. The third kappa shape index (κ3) is 2.73. The van der Waals surface area contributed by atoms with Gasteiger partial charge in [-0.1, -0.05) is 91.0 Å². The van der Waals surface area contributed by atoms with E-state index in [-0.39, 0.29) is 0 Å². The van der Waals surface area contributed by atoms with E-state index in [1.54, 1.807) is 0 Å². The Hall–Kier alpha value is -4.82. The van der Waals surface area contributed by atoms with E-state index >= 15 is 0 Å². The molecule has 0 fully saturated rings. The highest BCUT2D eigenvalue weighted by atomic mass is 16.5. The minimum atomic E-state index is 0.910. The quantitative estimate of drug-likeness (QED) is 0.256. The molecule has 2 heteroatoms. The summed E-state index contributed by atoms with van der Waals surface area (Å²) < 4.78 is 12.5. The summed E-state index contributed by atoms with van der Waals surface area (Å²) in [5.74, 6) is 1.82. The summed E-state index contributed by atoms with van der Waals surface area (Å²) in [6, 6.07) is 42.5. The number of hydrogen-bond donors (Lipinski definition) is 0. The third-order valence-electron chi connectivity index (χ3n) is 7.29. The lowest BCUT2D eigenvalue weighted by Gasteiger charge is -2.22. The van der Waals surface area contributed by atoms with Crippen LogP contribution in [-0.4, -0.2) is 0 Å². The average molecular weight is 461 g/mol. The fraction of sp³-hybridized carbons (Fsp3) is 0. The van der Waals surface area contributed by atoms with Crippen LogP contribution >= 0.6 is 0 Å². The van der Waals surface area contributed by atoms with Crippen LogP contribution in [0.2, 0.25) is 0 Å². The number of benzene rings is 6. The second-order valence-electron chi connectivity index (χ2n) is 9.30. The number of para-hydroxylation sites is 2. The van der Waals surface area contributed by atoms with Gasteiger partial charge in [0.2, 0.25) is 0 Å². The van der Waals surface area contributed by atoms with Gasteiger partial charge in [-0.2, -0.15) is 0 Å². The molecule has 0 radical (unpaired) electrons. The lowest BCUT2D eigenvalue weighted by molar-refractivity contribution is 0.487. The molecule has 1 aliphatic heterocycles. The lowest BCUT2D eigenvalue weighted by Crippen LogP contribution is -1.97. The summed E-state index contributed by atoms with van der Waals surface area (Å²) in [5, 5.41) is 4.67. The first kappa shape index (κ1) is 19.5. The minimum absolute atomic E-state index is 0.910. The van der Waals surface area contributed by atoms with Crippen molar-refractivity contribution < 1.29 is 9.15 Å². The van der Waals surface area contributed by atoms with Gasteiger partial charge in [0.15, 0.2) is 0 Å². The first-order valence-electron chi connectivity index (χ1n) is 12.2. The van der Waals surface area contributed by atoms with Gasteiger partial charge in [0, 0.05) is 21.7 Å². The molecule has 2 heterocycles. The molecule has 1 aliphatic rings. The van der Waals surface area contributed by atoms with Crippen LogP contribution in [0.5, 0.6) is 11.5 Å². The maximum atomic E-state index is 6.30. The second kappa shape index (κ2) is 7.34. The molecule has 0 amide bonds. The monoisotopic (exact) mass is 460 g/mol. The van der Waals surface area contributed by atoms with Crippen LogP contribution in [0.4, 0.5) is 0 Å². The molecule has 168 valence electrons. The zero-order valence-electron chi connectivity index (χ0n) is 19.4. The van der Waals surface area contributed by atoms with Crippen LogP contribution in [-0.2, 0) is 0 Å². The van der Waals surface area contributed by atoms with Crippen LogP contribution < -0.4 is 4.74 Å². The molecule has 1 aromatic heterocycles. The van der Waals surface area contributed by atoms with Crippen LogP contribution in [0, 0.1) is 0 Å². The molecule has 7 aromatic rings. The molecule has 36 heavy (non-hydrogen) atoms. The normalized spacial score (nSPS) is 12.1. The minimum Gasteiger partial charge on any atom is -0.456 e. The number of ether oxygens (including phenoxy) is 1. The van der Waals surface area contributed by atoms with Gasteiger partial charge < -0.3 is 9.15 Å². The van der Waals surface area contributed by atoms with Crippen molar-refractivity contribution in [3.8, 4) is 44.9 Å². The zero-order chi connectivity index (χ0) is 23.6. The van der Waals surface area contributed by atoms with Gasteiger partial charge in [-0.25, -0.2) is 0 Å². The van der Waals surface area contributed by atoms with Crippen molar-refractivity contribution in [2.45, 2.75) is 0 Å². The van der Waals surface area contributed by atoms with E-state index in [1.807, 2.05) is 30.3 Å². The summed E-state index contributed by atoms with van der Waals surface area (Å²) in [4.78, 5) is 0. The lowest BCUT2D eigenvalue weighted by atomic mass is 9.89. The van der Waals surface area contributed by atoms with Crippen molar-refractivity contribution in [1.29, 1.82) is 0 Å². The highest BCUT2D eigenvalue weighted by molar-refractivity contribution is 6.13. The summed E-state index contributed by atoms with van der Waals surface area (Å²) in [5.41, 5.74) is 8.92. The zero-order valence-corrected chi connectivity index (χ0v) is 19.4. The number of rotatable bonds is 2. The van der Waals surface area contributed by atoms with E-state index in [9.17, 15) is 0 Å². The van der Waals surface area contributed by atoms with E-state index in [2.05, 4.69) is 91.0 Å². The molecule has 0 aliphatic carbocycles. The molecule has 0 saturated heterocycles. The molecule has 2 nitrogen and oxygen atoms in total. The van der Waals surface area contributed by atoms with Crippen LogP contribution in [0.15, 0.2) is 126 Å². The predicted molar refractivity (Wildman–Crippen MR) is 148 cm³/mol. The summed E-state index contributed by atoms with van der Waals surface area (Å²) in [6.45, 7) is 0. The largest absolute Gasteiger partial charge is 0.456 e. The first-order chi connectivity index (χ1) is 17.8. The van der Waals surface area contributed by atoms with E-state index in [0.717, 1.165) is 39.0 Å². The maximum absolute atomic E-state index is 6.30. The molecule has 6 aromatic carbocycles. The molecule has 8 rings (SSSR count). The van der Waals surface area contributed by atoms with Crippen LogP contribution in [0.25, 0.3) is 66.1 Å². The maximum Gasteiger partial charge on any atom is 0.136 e. The molecule has 0 saturated carbocycles. The van der Waals surface area contributed by atoms with Crippen LogP contribution in [0.3, 0.4) is 0 Å². The SMILES string of the molecule is c1cc(-c2ccc3c4c(cccc24)-c2ccccc2O3)cc(-c2cccc3oc4ccccc4c23)c1. The van der Waals surface area contributed by atoms with Gasteiger partial charge in [0.05, 0.1) is 0 Å². The standard InChI is InChI=1S/C34H20O2/c1-3-15-29-25(10-1)27-14-6-13-26-23(18-19-32(35-29)34(26)27)21-8-5-9-22(20-21)24-12-7-17-31-33(24)28-11-2-4-16-30(28)36-31/h1-20H. The Kier molecular flexibility index (Phi) is 3.97. The number of furan rings is 1. The molecule has 0 bridgehead atoms. The smallest absolute Gasteiger partial charge is 0.136 e. The fourth-order valence-corrected chi connectivity index (χ4v) is 5.70.